The lowest BCUT2D eigenvalue weighted by atomic mass is 10.0. The van der Waals surface area contributed by atoms with E-state index in [-0.39, 0.29) is 25.5 Å². The number of nitrogens with zero attached hydrogens (tertiary/aromatic N) is 1. The Morgan fingerprint density at radius 1 is 0.538 bits per heavy atom. The molecule has 1 amide bonds. The summed E-state index contributed by atoms with van der Waals surface area (Å²) >= 11 is 0. The molecule has 3 N–H and O–H groups in total. The summed E-state index contributed by atoms with van der Waals surface area (Å²) in [4.78, 5) is 23.2. The van der Waals surface area contributed by atoms with Gasteiger partial charge in [-0.25, -0.2) is 4.57 Å². The van der Waals surface area contributed by atoms with Crippen molar-refractivity contribution in [3.63, 3.8) is 0 Å². The van der Waals surface area contributed by atoms with Crippen LogP contribution in [0.25, 0.3) is 0 Å². The van der Waals surface area contributed by atoms with Crippen LogP contribution in [0.3, 0.4) is 0 Å². The Morgan fingerprint density at radius 3 is 1.42 bits per heavy atom. The molecule has 0 heterocycles. The number of carbonyl (C=O) groups is 1. The van der Waals surface area contributed by atoms with Gasteiger partial charge in [-0.05, 0) is 70.6 Å². The molecule has 0 bridgehead atoms. The highest BCUT2D eigenvalue weighted by atomic mass is 31.2. The first-order valence-electron chi connectivity index (χ1n) is 26.5. The number of carbonyl (C=O) groups excluding carboxylic acids is 1. The van der Waals surface area contributed by atoms with Crippen LogP contribution < -0.4 is 5.32 Å². The van der Waals surface area contributed by atoms with Gasteiger partial charge in [0.15, 0.2) is 0 Å². The molecule has 8 nitrogen and oxygen atoms in total. The number of likely N-dealkylation sites (N-methyl/N-ethyl adjacent to an activating group) is 1. The first-order chi connectivity index (χ1) is 31.5. The van der Waals surface area contributed by atoms with Crippen LogP contribution in [0.5, 0.6) is 0 Å². The van der Waals surface area contributed by atoms with Crippen molar-refractivity contribution >= 4 is 13.7 Å². The number of aliphatic hydroxyl groups excluding tert-OH is 1. The molecule has 3 atom stereocenters. The smallest absolute Gasteiger partial charge is 0.387 e. The van der Waals surface area contributed by atoms with Crippen LogP contribution in [0.2, 0.25) is 0 Å². The quantitative estimate of drug-likeness (QED) is 0.0243. The van der Waals surface area contributed by atoms with Crippen molar-refractivity contribution in [2.45, 2.75) is 225 Å². The molecule has 9 heteroatoms. The molecular weight excluding hydrogens is 828 g/mol. The highest BCUT2D eigenvalue weighted by molar-refractivity contribution is 7.47. The van der Waals surface area contributed by atoms with Gasteiger partial charge in [-0.15, -0.1) is 0 Å². The normalized spacial score (nSPS) is 14.8. The fourth-order valence-corrected chi connectivity index (χ4v) is 7.95. The maximum atomic E-state index is 12.9. The predicted octanol–water partition coefficient (Wildman–Crippen LogP) is 15.7. The molecule has 0 aromatic carbocycles. The number of allylic oxidation sites excluding steroid dienone is 13. The molecule has 0 radical (unpaired) electrons. The zero-order valence-electron chi connectivity index (χ0n) is 42.7. The summed E-state index contributed by atoms with van der Waals surface area (Å²) in [5.41, 5.74) is 0. The van der Waals surface area contributed by atoms with Crippen LogP contribution in [0.1, 0.15) is 213 Å². The standard InChI is InChI=1S/C56H101N2O6P/c1-6-8-10-12-14-16-18-20-22-24-25-26-27-28-29-30-31-32-34-35-37-39-41-43-45-47-49-55(59)54(53-64-65(61,62)63-52-51-58(3,4)5)57-56(60)50-48-46-44-42-40-38-36-33-23-21-19-17-15-13-11-9-7-2/h9,11,15,17,21,23,36,38-39,41-42,44,47,49,54-55,59H,6-8,10,12-14,16,18-20,22,24-35,37,40,43,45-46,48,50-53H2,1-5H3,(H-,57,60,61,62)/p+1/b11-9-,17-15-,23-21-,38-36-,41-39+,44-42-,49-47+. The SMILES string of the molecule is CC/C=C\C/C=C\C/C=C\C/C=C\C/C=C\CCCC(=O)NC(COP(=O)(O)OCC[N+](C)(C)C)C(O)/C=C/CC/C=C/CCCCCCCCCCCCCCCCCCCCCC. The monoisotopic (exact) mass is 930 g/mol. The third-order valence-corrected chi connectivity index (χ3v) is 12.3. The first kappa shape index (κ1) is 62.7. The Morgan fingerprint density at radius 2 is 0.938 bits per heavy atom. The number of quaternary nitrogens is 1. The van der Waals surface area contributed by atoms with Crippen molar-refractivity contribution in [2.75, 3.05) is 40.9 Å². The van der Waals surface area contributed by atoms with Crippen molar-refractivity contribution in [3.05, 3.63) is 85.1 Å². The highest BCUT2D eigenvalue weighted by Gasteiger charge is 2.27. The van der Waals surface area contributed by atoms with E-state index in [9.17, 15) is 19.4 Å². The molecule has 0 aliphatic heterocycles. The molecule has 0 spiro atoms. The maximum Gasteiger partial charge on any atom is 0.472 e. The topological polar surface area (TPSA) is 105 Å². The van der Waals surface area contributed by atoms with Gasteiger partial charge in [0.2, 0.25) is 5.91 Å². The lowest BCUT2D eigenvalue weighted by molar-refractivity contribution is -0.870. The molecule has 3 unspecified atom stereocenters. The predicted molar refractivity (Wildman–Crippen MR) is 281 cm³/mol. The minimum absolute atomic E-state index is 0.0413. The molecular formula is C56H102N2O6P+. The van der Waals surface area contributed by atoms with Crippen LogP contribution in [-0.2, 0) is 18.4 Å². The molecule has 0 saturated carbocycles. The van der Waals surface area contributed by atoms with E-state index in [0.717, 1.165) is 57.8 Å². The number of phosphoric ester groups is 1. The van der Waals surface area contributed by atoms with Gasteiger partial charge in [-0.2, -0.15) is 0 Å². The molecule has 0 aromatic heterocycles. The van der Waals surface area contributed by atoms with Crippen molar-refractivity contribution in [3.8, 4) is 0 Å². The number of rotatable bonds is 47. The van der Waals surface area contributed by atoms with Crippen LogP contribution in [0, 0.1) is 0 Å². The van der Waals surface area contributed by atoms with E-state index in [4.69, 9.17) is 9.05 Å². The summed E-state index contributed by atoms with van der Waals surface area (Å²) in [5, 5.41) is 13.8. The average Bonchev–Trinajstić information content (AvgIpc) is 3.26. The van der Waals surface area contributed by atoms with Gasteiger partial charge in [0.1, 0.15) is 13.2 Å². The Balaban J connectivity index is 4.38. The second-order valence-corrected chi connectivity index (χ2v) is 20.3. The second kappa shape index (κ2) is 46.8. The molecule has 65 heavy (non-hydrogen) atoms. The highest BCUT2D eigenvalue weighted by Crippen LogP contribution is 2.43. The van der Waals surface area contributed by atoms with Gasteiger partial charge >= 0.3 is 7.82 Å². The number of nitrogens with one attached hydrogen (secondary N) is 1. The zero-order chi connectivity index (χ0) is 47.8. The number of hydrogen-bond donors (Lipinski definition) is 3. The zero-order valence-corrected chi connectivity index (χ0v) is 43.6. The summed E-state index contributed by atoms with van der Waals surface area (Å²) in [6.45, 7) is 4.64. The fourth-order valence-electron chi connectivity index (χ4n) is 7.21. The third kappa shape index (κ3) is 49.4. The number of amides is 1. The molecule has 0 fully saturated rings. The second-order valence-electron chi connectivity index (χ2n) is 18.9. The third-order valence-electron chi connectivity index (χ3n) is 11.3. The molecule has 0 aliphatic rings. The van der Waals surface area contributed by atoms with Crippen molar-refractivity contribution in [1.82, 2.24) is 5.32 Å². The number of hydrogen-bond acceptors (Lipinski definition) is 5. The lowest BCUT2D eigenvalue weighted by Crippen LogP contribution is -2.45. The summed E-state index contributed by atoms with van der Waals surface area (Å²) in [5.74, 6) is -0.245. The van der Waals surface area contributed by atoms with E-state index in [1.54, 1.807) is 6.08 Å². The number of aliphatic hydroxyl groups is 1. The Bertz CT molecular complexity index is 1330. The van der Waals surface area contributed by atoms with Gasteiger partial charge in [-0.3, -0.25) is 13.8 Å². The minimum atomic E-state index is -4.37. The maximum absolute atomic E-state index is 12.9. The molecule has 0 aliphatic carbocycles. The van der Waals surface area contributed by atoms with Crippen molar-refractivity contribution in [2.24, 2.45) is 0 Å². The number of unbranched alkanes of at least 4 members (excludes halogenated alkanes) is 22. The summed E-state index contributed by atoms with van der Waals surface area (Å²) in [6, 6.07) is -0.898. The lowest BCUT2D eigenvalue weighted by Gasteiger charge is -2.25. The van der Waals surface area contributed by atoms with Gasteiger partial charge in [0.25, 0.3) is 0 Å². The van der Waals surface area contributed by atoms with Gasteiger partial charge < -0.3 is 19.8 Å². The average molecular weight is 930 g/mol. The fraction of sp³-hybridized carbons (Fsp3) is 0.732. The van der Waals surface area contributed by atoms with E-state index in [1.165, 1.54) is 128 Å². The van der Waals surface area contributed by atoms with Crippen LogP contribution in [0.4, 0.5) is 0 Å². The van der Waals surface area contributed by atoms with Crippen LogP contribution in [0.15, 0.2) is 85.1 Å². The van der Waals surface area contributed by atoms with Crippen molar-refractivity contribution < 1.29 is 32.9 Å². The summed E-state index contributed by atoms with van der Waals surface area (Å²) in [6.07, 6.45) is 65.5. The first-order valence-corrected chi connectivity index (χ1v) is 28.0. The van der Waals surface area contributed by atoms with E-state index < -0.39 is 20.0 Å². The van der Waals surface area contributed by atoms with E-state index in [1.807, 2.05) is 27.2 Å². The van der Waals surface area contributed by atoms with E-state index in [2.05, 4.69) is 92.1 Å². The van der Waals surface area contributed by atoms with E-state index in [0.29, 0.717) is 17.4 Å². The van der Waals surface area contributed by atoms with Crippen molar-refractivity contribution in [1.29, 1.82) is 0 Å². The largest absolute Gasteiger partial charge is 0.472 e. The van der Waals surface area contributed by atoms with Crippen LogP contribution in [-0.4, -0.2) is 73.4 Å². The molecule has 376 valence electrons. The summed E-state index contributed by atoms with van der Waals surface area (Å²) < 4.78 is 23.6. The van der Waals surface area contributed by atoms with Gasteiger partial charge in [0, 0.05) is 6.42 Å². The number of phosphoric acid groups is 1. The van der Waals surface area contributed by atoms with E-state index >= 15 is 0 Å². The van der Waals surface area contributed by atoms with Gasteiger partial charge in [0.05, 0.1) is 39.9 Å². The molecule has 0 rings (SSSR count). The Hall–Kier alpha value is -2.32. The minimum Gasteiger partial charge on any atom is -0.387 e. The van der Waals surface area contributed by atoms with Crippen LogP contribution >= 0.6 is 7.82 Å². The Kier molecular flexibility index (Phi) is 45.1. The summed E-state index contributed by atoms with van der Waals surface area (Å²) in [7, 11) is 1.51. The molecule has 0 aromatic rings. The van der Waals surface area contributed by atoms with Gasteiger partial charge in [-0.1, -0.05) is 221 Å². The Labute approximate surface area is 401 Å². The molecule has 0 saturated heterocycles.